The van der Waals surface area contributed by atoms with Crippen molar-refractivity contribution in [3.63, 3.8) is 0 Å². The number of nitrogens with one attached hydrogen (secondary N) is 1. The summed E-state index contributed by atoms with van der Waals surface area (Å²) in [7, 11) is 1.52. The molecule has 0 amide bonds. The molecule has 1 aromatic carbocycles. The van der Waals surface area contributed by atoms with Gasteiger partial charge in [-0.25, -0.2) is 9.50 Å². The topological polar surface area (TPSA) is 71.7 Å². The lowest BCUT2D eigenvalue weighted by Gasteiger charge is -2.09. The first kappa shape index (κ1) is 13.2. The number of phenolic OH excluding ortho intramolecular Hbond substituents is 1. The summed E-state index contributed by atoms with van der Waals surface area (Å²) < 4.78 is 6.78. The Balaban J connectivity index is 1.75. The third kappa shape index (κ3) is 2.74. The van der Waals surface area contributed by atoms with E-state index >= 15 is 0 Å². The zero-order valence-electron chi connectivity index (χ0n) is 11.9. The molecule has 0 spiro atoms. The van der Waals surface area contributed by atoms with Gasteiger partial charge in [0.1, 0.15) is 0 Å². The quantitative estimate of drug-likeness (QED) is 0.769. The Morgan fingerprint density at radius 3 is 2.95 bits per heavy atom. The first-order valence-corrected chi connectivity index (χ1v) is 6.57. The molecule has 0 aliphatic rings. The van der Waals surface area contributed by atoms with Crippen LogP contribution in [0, 0.1) is 6.92 Å². The van der Waals surface area contributed by atoms with Gasteiger partial charge in [0.05, 0.1) is 12.8 Å². The van der Waals surface area contributed by atoms with Gasteiger partial charge in [-0.1, -0.05) is 0 Å². The molecule has 2 heterocycles. The molecule has 6 nitrogen and oxygen atoms in total. The minimum absolute atomic E-state index is 0.110. The van der Waals surface area contributed by atoms with Crippen LogP contribution in [0.2, 0.25) is 0 Å². The van der Waals surface area contributed by atoms with Crippen LogP contribution in [-0.4, -0.2) is 26.8 Å². The van der Waals surface area contributed by atoms with Crippen LogP contribution in [0.3, 0.4) is 0 Å². The number of phenols is 1. The van der Waals surface area contributed by atoms with Crippen molar-refractivity contribution in [3.05, 3.63) is 47.9 Å². The molecule has 0 fully saturated rings. The fraction of sp³-hybridized carbons (Fsp3) is 0.200. The van der Waals surface area contributed by atoms with Crippen molar-refractivity contribution < 1.29 is 9.84 Å². The Hall–Kier alpha value is -2.76. The molecular weight excluding hydrogens is 268 g/mol. The number of methoxy groups -OCH3 is 1. The van der Waals surface area contributed by atoms with Crippen molar-refractivity contribution >= 4 is 11.3 Å². The Labute approximate surface area is 122 Å². The van der Waals surface area contributed by atoms with Gasteiger partial charge in [0.2, 0.25) is 0 Å². The van der Waals surface area contributed by atoms with E-state index in [4.69, 9.17) is 4.74 Å². The van der Waals surface area contributed by atoms with Gasteiger partial charge in [0.15, 0.2) is 17.1 Å². The summed E-state index contributed by atoms with van der Waals surface area (Å²) in [6, 6.07) is 7.13. The van der Waals surface area contributed by atoms with Crippen LogP contribution in [0.15, 0.2) is 36.7 Å². The van der Waals surface area contributed by atoms with Gasteiger partial charge >= 0.3 is 0 Å². The Bertz CT molecular complexity index is 782. The summed E-state index contributed by atoms with van der Waals surface area (Å²) in [5.41, 5.74) is 3.58. The third-order valence-corrected chi connectivity index (χ3v) is 3.16. The molecule has 21 heavy (non-hydrogen) atoms. The van der Waals surface area contributed by atoms with Gasteiger partial charge in [0.25, 0.3) is 0 Å². The molecule has 6 heteroatoms. The summed E-state index contributed by atoms with van der Waals surface area (Å²) in [6.07, 6.45) is 3.75. The number of benzene rings is 1. The number of ether oxygens (including phenoxy) is 1. The Kier molecular flexibility index (Phi) is 3.35. The average Bonchev–Trinajstić information content (AvgIpc) is 2.84. The van der Waals surface area contributed by atoms with Crippen LogP contribution in [0.4, 0.5) is 5.69 Å². The highest BCUT2D eigenvalue weighted by atomic mass is 16.5. The SMILES string of the molecule is COc1ccc(NCc2cnc3cc(C)nn3c2)cc1O. The number of fused-ring (bicyclic) bond motifs is 1. The van der Waals surface area contributed by atoms with E-state index in [0.717, 1.165) is 22.6 Å². The van der Waals surface area contributed by atoms with E-state index in [1.54, 1.807) is 16.6 Å². The number of anilines is 1. The number of rotatable bonds is 4. The monoisotopic (exact) mass is 284 g/mol. The predicted molar refractivity (Wildman–Crippen MR) is 79.7 cm³/mol. The maximum atomic E-state index is 9.74. The zero-order valence-corrected chi connectivity index (χ0v) is 11.9. The molecule has 2 aromatic heterocycles. The number of aromatic nitrogens is 3. The molecule has 0 atom stereocenters. The van der Waals surface area contributed by atoms with Crippen LogP contribution >= 0.6 is 0 Å². The highest BCUT2D eigenvalue weighted by Gasteiger charge is 2.04. The molecule has 0 aliphatic carbocycles. The van der Waals surface area contributed by atoms with Crippen LogP contribution in [-0.2, 0) is 6.54 Å². The van der Waals surface area contributed by atoms with E-state index in [9.17, 15) is 5.11 Å². The fourth-order valence-electron chi connectivity index (χ4n) is 2.13. The van der Waals surface area contributed by atoms with E-state index < -0.39 is 0 Å². The lowest BCUT2D eigenvalue weighted by Crippen LogP contribution is -2.02. The number of aromatic hydroxyl groups is 1. The second kappa shape index (κ2) is 5.32. The first-order valence-electron chi connectivity index (χ1n) is 6.57. The third-order valence-electron chi connectivity index (χ3n) is 3.16. The summed E-state index contributed by atoms with van der Waals surface area (Å²) in [4.78, 5) is 4.35. The maximum absolute atomic E-state index is 9.74. The number of hydrogen-bond acceptors (Lipinski definition) is 5. The van der Waals surface area contributed by atoms with Crippen LogP contribution in [0.25, 0.3) is 5.65 Å². The van der Waals surface area contributed by atoms with Crippen molar-refractivity contribution in [2.24, 2.45) is 0 Å². The second-order valence-corrected chi connectivity index (χ2v) is 4.79. The molecule has 3 rings (SSSR count). The van der Waals surface area contributed by atoms with Gasteiger partial charge in [-0.3, -0.25) is 0 Å². The first-order chi connectivity index (χ1) is 10.2. The summed E-state index contributed by atoms with van der Waals surface area (Å²) in [5.74, 6) is 0.564. The van der Waals surface area contributed by atoms with E-state index in [2.05, 4.69) is 15.4 Å². The number of aryl methyl sites for hydroxylation is 1. The van der Waals surface area contributed by atoms with E-state index in [1.807, 2.05) is 31.5 Å². The normalized spacial score (nSPS) is 10.8. The molecule has 0 saturated heterocycles. The van der Waals surface area contributed by atoms with Gasteiger partial charge in [-0.2, -0.15) is 5.10 Å². The minimum Gasteiger partial charge on any atom is -0.504 e. The largest absolute Gasteiger partial charge is 0.504 e. The molecule has 3 aromatic rings. The lowest BCUT2D eigenvalue weighted by molar-refractivity contribution is 0.373. The molecule has 0 saturated carbocycles. The highest BCUT2D eigenvalue weighted by Crippen LogP contribution is 2.28. The summed E-state index contributed by atoms with van der Waals surface area (Å²) >= 11 is 0. The average molecular weight is 284 g/mol. The van der Waals surface area contributed by atoms with E-state index in [-0.39, 0.29) is 5.75 Å². The number of nitrogens with zero attached hydrogens (tertiary/aromatic N) is 3. The second-order valence-electron chi connectivity index (χ2n) is 4.79. The van der Waals surface area contributed by atoms with Crippen molar-refractivity contribution in [1.29, 1.82) is 0 Å². The van der Waals surface area contributed by atoms with Crippen molar-refractivity contribution in [2.45, 2.75) is 13.5 Å². The van der Waals surface area contributed by atoms with E-state index in [1.165, 1.54) is 7.11 Å². The van der Waals surface area contributed by atoms with Crippen LogP contribution in [0.5, 0.6) is 11.5 Å². The summed E-state index contributed by atoms with van der Waals surface area (Å²) in [5, 5.41) is 17.3. The Morgan fingerprint density at radius 1 is 1.33 bits per heavy atom. The molecule has 108 valence electrons. The maximum Gasteiger partial charge on any atom is 0.160 e. The van der Waals surface area contributed by atoms with Crippen molar-refractivity contribution in [3.8, 4) is 11.5 Å². The molecule has 0 unspecified atom stereocenters. The summed E-state index contributed by atoms with van der Waals surface area (Å²) in [6.45, 7) is 2.53. The molecule has 0 radical (unpaired) electrons. The number of hydrogen-bond donors (Lipinski definition) is 2. The standard InChI is InChI=1S/C15H16N4O2/c1-10-5-15-17-8-11(9-19(15)18-10)7-16-12-3-4-14(21-2)13(20)6-12/h3-6,8-9,16,20H,7H2,1-2H3. The molecule has 2 N–H and O–H groups in total. The highest BCUT2D eigenvalue weighted by molar-refractivity contribution is 5.54. The predicted octanol–water partition coefficient (Wildman–Crippen LogP) is 2.36. The molecule has 0 bridgehead atoms. The van der Waals surface area contributed by atoms with Gasteiger partial charge in [-0.15, -0.1) is 0 Å². The van der Waals surface area contributed by atoms with Crippen molar-refractivity contribution in [1.82, 2.24) is 14.6 Å². The molecular formula is C15H16N4O2. The Morgan fingerprint density at radius 2 is 2.19 bits per heavy atom. The van der Waals surface area contributed by atoms with Crippen LogP contribution in [0.1, 0.15) is 11.3 Å². The fourth-order valence-corrected chi connectivity index (χ4v) is 2.13. The zero-order chi connectivity index (χ0) is 14.8. The van der Waals surface area contributed by atoms with Crippen molar-refractivity contribution in [2.75, 3.05) is 12.4 Å². The lowest BCUT2D eigenvalue weighted by atomic mass is 10.2. The smallest absolute Gasteiger partial charge is 0.160 e. The minimum atomic E-state index is 0.110. The molecule has 0 aliphatic heterocycles. The van der Waals surface area contributed by atoms with Gasteiger partial charge in [0, 0.05) is 42.3 Å². The van der Waals surface area contributed by atoms with Crippen LogP contribution < -0.4 is 10.1 Å². The van der Waals surface area contributed by atoms with E-state index in [0.29, 0.717) is 12.3 Å². The van der Waals surface area contributed by atoms with Gasteiger partial charge in [-0.05, 0) is 19.1 Å². The van der Waals surface area contributed by atoms with Gasteiger partial charge < -0.3 is 15.2 Å².